The van der Waals surface area contributed by atoms with Crippen molar-refractivity contribution in [3.05, 3.63) is 168 Å². The number of hydrogen-bond acceptors (Lipinski definition) is 1. The molecule has 0 aliphatic carbocycles. The standard InChI is InChI=1S/C43H26N2O/c46-43-36-23-19-29(27-9-2-1-3-10-27)25-37(36)34-13-8-14-35-38-26-30(20-24-41(38)45(43)42(34)35)28-17-21-31(22-18-28)44-39-15-6-4-11-32(39)33-12-5-7-16-40(33)44/h1-26H. The van der Waals surface area contributed by atoms with E-state index in [1.807, 2.05) is 28.7 Å². The Hall–Kier alpha value is -6.19. The van der Waals surface area contributed by atoms with Gasteiger partial charge in [-0.1, -0.05) is 109 Å². The fourth-order valence-corrected chi connectivity index (χ4v) is 7.56. The number of para-hydroxylation sites is 3. The molecule has 0 amide bonds. The van der Waals surface area contributed by atoms with E-state index in [9.17, 15) is 4.79 Å². The highest BCUT2D eigenvalue weighted by molar-refractivity contribution is 6.21. The van der Waals surface area contributed by atoms with E-state index in [1.165, 1.54) is 21.8 Å². The fraction of sp³-hybridized carbons (Fsp3) is 0. The van der Waals surface area contributed by atoms with Crippen molar-refractivity contribution in [1.82, 2.24) is 8.97 Å². The number of pyridine rings is 1. The predicted octanol–water partition coefficient (Wildman–Crippen LogP) is 10.6. The molecule has 7 aromatic carbocycles. The molecule has 0 fully saturated rings. The van der Waals surface area contributed by atoms with E-state index in [0.717, 1.165) is 65.9 Å². The Labute approximate surface area is 264 Å². The first-order chi connectivity index (χ1) is 22.7. The molecule has 0 spiro atoms. The average Bonchev–Trinajstić information content (AvgIpc) is 3.64. The largest absolute Gasteiger partial charge is 0.309 e. The number of nitrogens with zero attached hydrogens (tertiary/aromatic N) is 2. The van der Waals surface area contributed by atoms with Gasteiger partial charge >= 0.3 is 0 Å². The monoisotopic (exact) mass is 586 g/mol. The molecule has 0 N–H and O–H groups in total. The van der Waals surface area contributed by atoms with Crippen LogP contribution in [0.4, 0.5) is 0 Å². The first kappa shape index (κ1) is 25.2. The van der Waals surface area contributed by atoms with Crippen molar-refractivity contribution in [3.63, 3.8) is 0 Å². The van der Waals surface area contributed by atoms with Crippen LogP contribution in [0.3, 0.4) is 0 Å². The van der Waals surface area contributed by atoms with Crippen LogP contribution in [0.25, 0.3) is 87.7 Å². The average molecular weight is 587 g/mol. The van der Waals surface area contributed by atoms with Gasteiger partial charge < -0.3 is 4.57 Å². The van der Waals surface area contributed by atoms with Crippen molar-refractivity contribution < 1.29 is 0 Å². The fourth-order valence-electron chi connectivity index (χ4n) is 7.56. The Bertz CT molecular complexity index is 2810. The molecular weight excluding hydrogens is 560 g/mol. The summed E-state index contributed by atoms with van der Waals surface area (Å²) in [5.74, 6) is 0. The Balaban J connectivity index is 1.14. The van der Waals surface area contributed by atoms with Crippen LogP contribution < -0.4 is 5.56 Å². The van der Waals surface area contributed by atoms with Gasteiger partial charge in [0.2, 0.25) is 0 Å². The number of fused-ring (bicyclic) bond motifs is 8. The highest BCUT2D eigenvalue weighted by Gasteiger charge is 2.18. The molecule has 0 unspecified atom stereocenters. The van der Waals surface area contributed by atoms with E-state index < -0.39 is 0 Å². The van der Waals surface area contributed by atoms with Crippen molar-refractivity contribution in [3.8, 4) is 27.9 Å². The van der Waals surface area contributed by atoms with Crippen molar-refractivity contribution in [2.45, 2.75) is 0 Å². The molecule has 0 radical (unpaired) electrons. The number of aromatic nitrogens is 2. The molecule has 0 saturated carbocycles. The van der Waals surface area contributed by atoms with Gasteiger partial charge in [0.15, 0.2) is 0 Å². The summed E-state index contributed by atoms with van der Waals surface area (Å²) in [6.45, 7) is 0. The van der Waals surface area contributed by atoms with Crippen LogP contribution in [0.15, 0.2) is 163 Å². The first-order valence-electron chi connectivity index (χ1n) is 15.7. The summed E-state index contributed by atoms with van der Waals surface area (Å²) in [6, 6.07) is 55.5. The van der Waals surface area contributed by atoms with Gasteiger partial charge in [0.05, 0.1) is 22.1 Å². The Morgan fingerprint density at radius 1 is 0.348 bits per heavy atom. The van der Waals surface area contributed by atoms with Crippen LogP contribution in [-0.2, 0) is 0 Å². The minimum absolute atomic E-state index is 0.0246. The Kier molecular flexibility index (Phi) is 5.15. The molecule has 0 saturated heterocycles. The molecule has 46 heavy (non-hydrogen) atoms. The third-order valence-corrected chi connectivity index (χ3v) is 9.68. The van der Waals surface area contributed by atoms with Gasteiger partial charge in [-0.15, -0.1) is 0 Å². The summed E-state index contributed by atoms with van der Waals surface area (Å²) in [5.41, 5.74) is 10.0. The third-order valence-electron chi connectivity index (χ3n) is 9.68. The minimum atomic E-state index is 0.0246. The second-order valence-corrected chi connectivity index (χ2v) is 12.1. The maximum atomic E-state index is 14.1. The zero-order chi connectivity index (χ0) is 30.4. The summed E-state index contributed by atoms with van der Waals surface area (Å²) in [5, 5.41) is 7.53. The first-order valence-corrected chi connectivity index (χ1v) is 15.7. The molecule has 0 aliphatic rings. The highest BCUT2D eigenvalue weighted by atomic mass is 16.1. The van der Waals surface area contributed by atoms with Crippen molar-refractivity contribution in [2.75, 3.05) is 0 Å². The Morgan fingerprint density at radius 2 is 0.891 bits per heavy atom. The van der Waals surface area contributed by atoms with E-state index in [0.29, 0.717) is 0 Å². The lowest BCUT2D eigenvalue weighted by Crippen LogP contribution is -2.12. The number of hydrogen-bond donors (Lipinski definition) is 0. The smallest absolute Gasteiger partial charge is 0.263 e. The van der Waals surface area contributed by atoms with Crippen LogP contribution in [0, 0.1) is 0 Å². The van der Waals surface area contributed by atoms with E-state index in [4.69, 9.17) is 0 Å². The number of benzene rings is 7. The quantitative estimate of drug-likeness (QED) is 0.189. The summed E-state index contributed by atoms with van der Waals surface area (Å²) < 4.78 is 4.26. The lowest BCUT2D eigenvalue weighted by molar-refractivity contribution is 1.18. The van der Waals surface area contributed by atoms with Crippen LogP contribution in [0.1, 0.15) is 0 Å². The van der Waals surface area contributed by atoms with Gasteiger partial charge in [-0.05, 0) is 76.2 Å². The molecule has 3 nitrogen and oxygen atoms in total. The van der Waals surface area contributed by atoms with Crippen molar-refractivity contribution >= 4 is 59.8 Å². The highest BCUT2D eigenvalue weighted by Crippen LogP contribution is 2.38. The Morgan fingerprint density at radius 3 is 1.61 bits per heavy atom. The lowest BCUT2D eigenvalue weighted by atomic mass is 9.98. The maximum absolute atomic E-state index is 14.1. The molecule has 3 heteroatoms. The van der Waals surface area contributed by atoms with Gasteiger partial charge in [0.1, 0.15) is 0 Å². The van der Waals surface area contributed by atoms with Crippen LogP contribution in [0.5, 0.6) is 0 Å². The molecule has 214 valence electrons. The van der Waals surface area contributed by atoms with Crippen LogP contribution in [-0.4, -0.2) is 8.97 Å². The second kappa shape index (κ2) is 9.40. The van der Waals surface area contributed by atoms with Crippen LogP contribution in [0.2, 0.25) is 0 Å². The topological polar surface area (TPSA) is 26.4 Å². The van der Waals surface area contributed by atoms with Gasteiger partial charge in [-0.25, -0.2) is 0 Å². The SMILES string of the molecule is O=c1c2ccc(-c3ccccc3)cc2c2cccc3c4cc(-c5ccc(-n6c7ccccc7c7ccccc76)cc5)ccc4n1c23. The molecular formula is C43H26N2O. The van der Waals surface area contributed by atoms with Gasteiger partial charge in [0, 0.05) is 38.0 Å². The molecule has 10 aromatic rings. The van der Waals surface area contributed by atoms with Crippen molar-refractivity contribution in [1.29, 1.82) is 0 Å². The summed E-state index contributed by atoms with van der Waals surface area (Å²) in [4.78, 5) is 14.1. The number of rotatable bonds is 3. The summed E-state index contributed by atoms with van der Waals surface area (Å²) >= 11 is 0. The van der Waals surface area contributed by atoms with Gasteiger partial charge in [-0.2, -0.15) is 0 Å². The molecule has 0 bridgehead atoms. The van der Waals surface area contributed by atoms with Crippen molar-refractivity contribution in [2.24, 2.45) is 0 Å². The minimum Gasteiger partial charge on any atom is -0.309 e. The third kappa shape index (κ3) is 3.45. The molecule has 0 atom stereocenters. The predicted molar refractivity (Wildman–Crippen MR) is 193 cm³/mol. The van der Waals surface area contributed by atoms with Gasteiger partial charge in [0.25, 0.3) is 5.56 Å². The molecule has 3 heterocycles. The second-order valence-electron chi connectivity index (χ2n) is 12.1. The van der Waals surface area contributed by atoms with E-state index in [-0.39, 0.29) is 5.56 Å². The summed E-state index contributed by atoms with van der Waals surface area (Å²) in [6.07, 6.45) is 0. The molecule has 0 aliphatic heterocycles. The van der Waals surface area contributed by atoms with E-state index >= 15 is 0 Å². The maximum Gasteiger partial charge on any atom is 0.263 e. The lowest BCUT2D eigenvalue weighted by Gasteiger charge is -2.10. The summed E-state index contributed by atoms with van der Waals surface area (Å²) in [7, 11) is 0. The zero-order valence-corrected chi connectivity index (χ0v) is 24.8. The van der Waals surface area contributed by atoms with E-state index in [1.54, 1.807) is 0 Å². The zero-order valence-electron chi connectivity index (χ0n) is 24.8. The van der Waals surface area contributed by atoms with Gasteiger partial charge in [-0.3, -0.25) is 9.20 Å². The normalized spacial score (nSPS) is 12.0. The van der Waals surface area contributed by atoms with E-state index in [2.05, 4.69) is 138 Å². The molecule has 3 aromatic heterocycles. The molecule has 10 rings (SSSR count). The van der Waals surface area contributed by atoms with Crippen LogP contribution >= 0.6 is 0 Å².